The van der Waals surface area contributed by atoms with E-state index in [9.17, 15) is 4.79 Å². The summed E-state index contributed by atoms with van der Waals surface area (Å²) in [6, 6.07) is 9.95. The number of hydrogen-bond donors (Lipinski definition) is 2. The fourth-order valence-corrected chi connectivity index (χ4v) is 2.06. The Labute approximate surface area is 104 Å². The van der Waals surface area contributed by atoms with Crippen LogP contribution < -0.4 is 10.6 Å². The van der Waals surface area contributed by atoms with Crippen LogP contribution in [0.4, 0.5) is 5.13 Å². The van der Waals surface area contributed by atoms with E-state index in [1.165, 1.54) is 11.3 Å². The fourth-order valence-electron chi connectivity index (χ4n) is 1.34. The molecule has 2 aromatic rings. The van der Waals surface area contributed by atoms with Crippen LogP contribution in [0.1, 0.15) is 0 Å². The summed E-state index contributed by atoms with van der Waals surface area (Å²) in [6.45, 7) is 0.248. The van der Waals surface area contributed by atoms with Crippen molar-refractivity contribution in [2.45, 2.75) is 0 Å². The van der Waals surface area contributed by atoms with Crippen molar-refractivity contribution in [2.24, 2.45) is 0 Å². The van der Waals surface area contributed by atoms with Crippen LogP contribution >= 0.6 is 11.3 Å². The Bertz CT molecular complexity index is 495. The smallest absolute Gasteiger partial charge is 0.239 e. The van der Waals surface area contributed by atoms with E-state index < -0.39 is 0 Å². The van der Waals surface area contributed by atoms with Gasteiger partial charge in [0.2, 0.25) is 5.91 Å². The maximum atomic E-state index is 11.1. The highest BCUT2D eigenvalue weighted by molar-refractivity contribution is 7.14. The minimum Gasteiger partial charge on any atom is -0.358 e. The van der Waals surface area contributed by atoms with Gasteiger partial charge < -0.3 is 10.6 Å². The molecule has 1 aromatic heterocycles. The highest BCUT2D eigenvalue weighted by atomic mass is 32.1. The van der Waals surface area contributed by atoms with E-state index in [0.29, 0.717) is 0 Å². The topological polar surface area (TPSA) is 54.0 Å². The SMILES string of the molecule is CNC(=O)CNc1nc(-c2ccccc2)cs1. The third kappa shape index (κ3) is 3.04. The molecule has 1 heterocycles. The second kappa shape index (κ2) is 5.45. The molecule has 4 nitrogen and oxygen atoms in total. The van der Waals surface area contributed by atoms with Crippen molar-refractivity contribution in [3.63, 3.8) is 0 Å². The second-order valence-corrected chi connectivity index (χ2v) is 4.29. The van der Waals surface area contributed by atoms with Gasteiger partial charge in [0.05, 0.1) is 12.2 Å². The predicted octanol–water partition coefficient (Wildman–Crippen LogP) is 1.97. The number of hydrogen-bond acceptors (Lipinski definition) is 4. The number of carbonyl (C=O) groups excluding carboxylic acids is 1. The van der Waals surface area contributed by atoms with Gasteiger partial charge in [0, 0.05) is 18.0 Å². The first kappa shape index (κ1) is 11.6. The third-order valence-corrected chi connectivity index (χ3v) is 3.05. The molecule has 0 aliphatic carbocycles. The average Bonchev–Trinajstić information content (AvgIpc) is 2.86. The number of amides is 1. The summed E-state index contributed by atoms with van der Waals surface area (Å²) >= 11 is 1.49. The first-order chi connectivity index (χ1) is 8.29. The molecular formula is C12H13N3OS. The van der Waals surface area contributed by atoms with Gasteiger partial charge in [0.1, 0.15) is 0 Å². The van der Waals surface area contributed by atoms with Crippen LogP contribution in [-0.4, -0.2) is 24.5 Å². The molecule has 0 aliphatic rings. The number of aromatic nitrogens is 1. The van der Waals surface area contributed by atoms with Gasteiger partial charge in [-0.25, -0.2) is 4.98 Å². The largest absolute Gasteiger partial charge is 0.358 e. The van der Waals surface area contributed by atoms with E-state index in [0.717, 1.165) is 16.4 Å². The Hall–Kier alpha value is -1.88. The molecule has 2 rings (SSSR count). The molecule has 0 saturated heterocycles. The van der Waals surface area contributed by atoms with Crippen molar-refractivity contribution in [1.29, 1.82) is 0 Å². The fraction of sp³-hybridized carbons (Fsp3) is 0.167. The van der Waals surface area contributed by atoms with Gasteiger partial charge in [-0.15, -0.1) is 11.3 Å². The molecule has 2 N–H and O–H groups in total. The van der Waals surface area contributed by atoms with Crippen molar-refractivity contribution in [3.05, 3.63) is 35.7 Å². The van der Waals surface area contributed by atoms with Gasteiger partial charge in [-0.3, -0.25) is 4.79 Å². The standard InChI is InChI=1S/C12H13N3OS/c1-13-11(16)7-14-12-15-10(8-17-12)9-5-3-2-4-6-9/h2-6,8H,7H2,1H3,(H,13,16)(H,14,15). The summed E-state index contributed by atoms with van der Waals surface area (Å²) in [7, 11) is 1.61. The zero-order valence-corrected chi connectivity index (χ0v) is 10.3. The highest BCUT2D eigenvalue weighted by Crippen LogP contribution is 2.24. The maximum Gasteiger partial charge on any atom is 0.239 e. The van der Waals surface area contributed by atoms with Crippen LogP contribution in [0.25, 0.3) is 11.3 Å². The van der Waals surface area contributed by atoms with Crippen LogP contribution in [0.2, 0.25) is 0 Å². The lowest BCUT2D eigenvalue weighted by molar-refractivity contribution is -0.118. The Morgan fingerprint density at radius 1 is 1.35 bits per heavy atom. The van der Waals surface area contributed by atoms with Gasteiger partial charge in [0.15, 0.2) is 5.13 Å². The van der Waals surface area contributed by atoms with Gasteiger partial charge >= 0.3 is 0 Å². The number of benzene rings is 1. The molecular weight excluding hydrogens is 234 g/mol. The molecule has 0 atom stereocenters. The van der Waals surface area contributed by atoms with Gasteiger partial charge in [-0.05, 0) is 0 Å². The number of rotatable bonds is 4. The summed E-state index contributed by atoms with van der Waals surface area (Å²) in [5.41, 5.74) is 2.01. The molecule has 0 bridgehead atoms. The molecule has 0 saturated carbocycles. The summed E-state index contributed by atoms with van der Waals surface area (Å²) in [5.74, 6) is -0.0542. The van der Waals surface area contributed by atoms with Crippen LogP contribution in [-0.2, 0) is 4.79 Å². The number of nitrogens with zero attached hydrogens (tertiary/aromatic N) is 1. The Morgan fingerprint density at radius 2 is 2.12 bits per heavy atom. The van der Waals surface area contributed by atoms with E-state index in [1.54, 1.807) is 7.05 Å². The molecule has 1 aromatic carbocycles. The average molecular weight is 247 g/mol. The van der Waals surface area contributed by atoms with Gasteiger partial charge in [-0.1, -0.05) is 30.3 Å². The Kier molecular flexibility index (Phi) is 3.72. The van der Waals surface area contributed by atoms with E-state index in [2.05, 4.69) is 15.6 Å². The summed E-state index contributed by atoms with van der Waals surface area (Å²) < 4.78 is 0. The summed E-state index contributed by atoms with van der Waals surface area (Å²) in [5, 5.41) is 8.26. The molecule has 17 heavy (non-hydrogen) atoms. The second-order valence-electron chi connectivity index (χ2n) is 3.43. The Balaban J connectivity index is 2.04. The molecule has 88 valence electrons. The highest BCUT2D eigenvalue weighted by Gasteiger charge is 2.04. The zero-order chi connectivity index (χ0) is 12.1. The molecule has 0 aliphatic heterocycles. The van der Waals surface area contributed by atoms with E-state index in [-0.39, 0.29) is 12.5 Å². The van der Waals surface area contributed by atoms with Gasteiger partial charge in [0.25, 0.3) is 0 Å². The normalized spacial score (nSPS) is 9.94. The van der Waals surface area contributed by atoms with Crippen LogP contribution in [0, 0.1) is 0 Å². The lowest BCUT2D eigenvalue weighted by Crippen LogP contribution is -2.26. The van der Waals surface area contributed by atoms with Crippen LogP contribution in [0.15, 0.2) is 35.7 Å². The van der Waals surface area contributed by atoms with E-state index in [1.807, 2.05) is 35.7 Å². The minimum atomic E-state index is -0.0542. The van der Waals surface area contributed by atoms with Crippen molar-refractivity contribution in [3.8, 4) is 11.3 Å². The zero-order valence-electron chi connectivity index (χ0n) is 9.43. The van der Waals surface area contributed by atoms with Crippen molar-refractivity contribution in [1.82, 2.24) is 10.3 Å². The number of nitrogens with one attached hydrogen (secondary N) is 2. The predicted molar refractivity (Wildman–Crippen MR) is 70.1 cm³/mol. The molecule has 0 spiro atoms. The lowest BCUT2D eigenvalue weighted by Gasteiger charge is -2.00. The first-order valence-electron chi connectivity index (χ1n) is 5.25. The van der Waals surface area contributed by atoms with Gasteiger partial charge in [-0.2, -0.15) is 0 Å². The lowest BCUT2D eigenvalue weighted by atomic mass is 10.2. The first-order valence-corrected chi connectivity index (χ1v) is 6.13. The van der Waals surface area contributed by atoms with Crippen molar-refractivity contribution < 1.29 is 4.79 Å². The third-order valence-electron chi connectivity index (χ3n) is 2.25. The number of carbonyl (C=O) groups is 1. The molecule has 5 heteroatoms. The molecule has 0 unspecified atom stereocenters. The number of anilines is 1. The Morgan fingerprint density at radius 3 is 2.82 bits per heavy atom. The van der Waals surface area contributed by atoms with Crippen LogP contribution in [0.3, 0.4) is 0 Å². The summed E-state index contributed by atoms with van der Waals surface area (Å²) in [6.07, 6.45) is 0. The van der Waals surface area contributed by atoms with E-state index in [4.69, 9.17) is 0 Å². The minimum absolute atomic E-state index is 0.0542. The molecule has 0 radical (unpaired) electrons. The number of thiazole rings is 1. The molecule has 0 fully saturated rings. The van der Waals surface area contributed by atoms with Crippen molar-refractivity contribution in [2.75, 3.05) is 18.9 Å². The monoisotopic (exact) mass is 247 g/mol. The van der Waals surface area contributed by atoms with Crippen LogP contribution in [0.5, 0.6) is 0 Å². The quantitative estimate of drug-likeness (QED) is 0.868. The number of likely N-dealkylation sites (N-methyl/N-ethyl adjacent to an activating group) is 1. The van der Waals surface area contributed by atoms with E-state index >= 15 is 0 Å². The van der Waals surface area contributed by atoms with Crippen molar-refractivity contribution >= 4 is 22.4 Å². The molecule has 1 amide bonds. The maximum absolute atomic E-state index is 11.1. The summed E-state index contributed by atoms with van der Waals surface area (Å²) in [4.78, 5) is 15.5.